The predicted molar refractivity (Wildman–Crippen MR) is 120 cm³/mol. The summed E-state index contributed by atoms with van der Waals surface area (Å²) in [5, 5.41) is 10.3. The monoisotopic (exact) mass is 399 g/mol. The fraction of sp³-hybridized carbons (Fsp3) is 0.0833. The van der Waals surface area contributed by atoms with Gasteiger partial charge in [0.15, 0.2) is 5.13 Å². The van der Waals surface area contributed by atoms with Gasteiger partial charge in [0, 0.05) is 5.38 Å². The molecule has 1 N–H and O–H groups in total. The van der Waals surface area contributed by atoms with Gasteiger partial charge in [-0.1, -0.05) is 96.2 Å². The van der Waals surface area contributed by atoms with Crippen LogP contribution < -0.4 is 5.32 Å². The number of aromatic nitrogens is 1. The number of nitrogens with zero attached hydrogens (tertiary/aromatic N) is 2. The molecule has 0 saturated carbocycles. The van der Waals surface area contributed by atoms with Crippen LogP contribution in [0.3, 0.4) is 0 Å². The van der Waals surface area contributed by atoms with E-state index in [2.05, 4.69) is 88.3 Å². The Labute approximate surface area is 174 Å². The molecule has 144 valence electrons. The minimum atomic E-state index is -0.586. The lowest BCUT2D eigenvalue weighted by atomic mass is 9.77. The number of anilines is 1. The van der Waals surface area contributed by atoms with E-state index in [-0.39, 0.29) is 0 Å². The van der Waals surface area contributed by atoms with Gasteiger partial charge in [0.25, 0.3) is 0 Å². The van der Waals surface area contributed by atoms with E-state index in [0.29, 0.717) is 0 Å². The van der Waals surface area contributed by atoms with Gasteiger partial charge in [-0.05, 0) is 16.7 Å². The molecule has 3 aromatic carbocycles. The first kappa shape index (κ1) is 18.9. The average Bonchev–Trinajstić information content (AvgIpc) is 3.25. The van der Waals surface area contributed by atoms with Crippen molar-refractivity contribution in [3.63, 3.8) is 0 Å². The summed E-state index contributed by atoms with van der Waals surface area (Å²) in [6, 6.07) is 31.4. The van der Waals surface area contributed by atoms with Crippen molar-refractivity contribution in [2.45, 2.75) is 5.54 Å². The van der Waals surface area contributed by atoms with Crippen LogP contribution in [0.25, 0.3) is 0 Å². The van der Waals surface area contributed by atoms with Crippen LogP contribution in [0.5, 0.6) is 0 Å². The van der Waals surface area contributed by atoms with E-state index in [1.807, 2.05) is 23.6 Å². The number of oxime groups is 1. The molecule has 0 spiro atoms. The summed E-state index contributed by atoms with van der Waals surface area (Å²) < 4.78 is 0. The molecule has 0 saturated heterocycles. The van der Waals surface area contributed by atoms with Crippen LogP contribution in [-0.2, 0) is 10.4 Å². The summed E-state index contributed by atoms with van der Waals surface area (Å²) in [6.07, 6.45) is 1.61. The van der Waals surface area contributed by atoms with Crippen LogP contribution in [0.1, 0.15) is 22.4 Å². The Bertz CT molecular complexity index is 966. The van der Waals surface area contributed by atoms with Crippen LogP contribution in [0.2, 0.25) is 0 Å². The molecule has 4 aromatic rings. The Morgan fingerprint density at radius 3 is 1.76 bits per heavy atom. The van der Waals surface area contributed by atoms with E-state index < -0.39 is 5.54 Å². The van der Waals surface area contributed by atoms with E-state index in [9.17, 15) is 0 Å². The Kier molecular flexibility index (Phi) is 5.68. The molecular weight excluding hydrogens is 378 g/mol. The zero-order valence-electron chi connectivity index (χ0n) is 16.0. The maximum absolute atomic E-state index is 4.78. The van der Waals surface area contributed by atoms with Gasteiger partial charge >= 0.3 is 0 Å². The van der Waals surface area contributed by atoms with E-state index in [4.69, 9.17) is 4.84 Å². The van der Waals surface area contributed by atoms with Crippen molar-refractivity contribution in [2.75, 3.05) is 12.4 Å². The Hall–Kier alpha value is -3.44. The maximum Gasteiger partial charge on any atom is 0.184 e. The molecule has 0 aliphatic rings. The molecule has 0 bridgehead atoms. The third-order valence-corrected chi connectivity index (χ3v) is 5.50. The van der Waals surface area contributed by atoms with Crippen molar-refractivity contribution in [1.29, 1.82) is 0 Å². The predicted octanol–water partition coefficient (Wildman–Crippen LogP) is 5.53. The highest BCUT2D eigenvalue weighted by atomic mass is 32.1. The van der Waals surface area contributed by atoms with E-state index in [1.165, 1.54) is 7.11 Å². The van der Waals surface area contributed by atoms with Crippen molar-refractivity contribution in [1.82, 2.24) is 4.98 Å². The van der Waals surface area contributed by atoms with E-state index >= 15 is 0 Å². The zero-order chi connectivity index (χ0) is 19.9. The van der Waals surface area contributed by atoms with Crippen LogP contribution in [0.4, 0.5) is 5.13 Å². The van der Waals surface area contributed by atoms with Crippen molar-refractivity contribution in [2.24, 2.45) is 5.16 Å². The molecule has 0 unspecified atom stereocenters. The molecule has 4 nitrogen and oxygen atoms in total. The van der Waals surface area contributed by atoms with Crippen molar-refractivity contribution in [3.05, 3.63) is 119 Å². The van der Waals surface area contributed by atoms with Gasteiger partial charge in [-0.25, -0.2) is 4.98 Å². The van der Waals surface area contributed by atoms with Gasteiger partial charge in [-0.3, -0.25) is 0 Å². The second-order valence-corrected chi connectivity index (χ2v) is 7.33. The topological polar surface area (TPSA) is 46.5 Å². The zero-order valence-corrected chi connectivity index (χ0v) is 16.8. The third kappa shape index (κ3) is 3.91. The Morgan fingerprint density at radius 1 is 0.828 bits per heavy atom. The fourth-order valence-electron chi connectivity index (χ4n) is 3.45. The molecule has 0 radical (unpaired) electrons. The van der Waals surface area contributed by atoms with Crippen LogP contribution >= 0.6 is 11.3 Å². The first-order valence-electron chi connectivity index (χ1n) is 9.30. The first-order chi connectivity index (χ1) is 14.3. The molecule has 29 heavy (non-hydrogen) atoms. The summed E-state index contributed by atoms with van der Waals surface area (Å²) in [5.74, 6) is 0. The Morgan fingerprint density at radius 2 is 1.31 bits per heavy atom. The molecule has 4 rings (SSSR count). The second kappa shape index (κ2) is 8.71. The van der Waals surface area contributed by atoms with Gasteiger partial charge in [0.05, 0.1) is 11.9 Å². The summed E-state index contributed by atoms with van der Waals surface area (Å²) in [4.78, 5) is 9.46. The largest absolute Gasteiger partial charge is 0.399 e. The van der Waals surface area contributed by atoms with E-state index in [0.717, 1.165) is 27.5 Å². The smallest absolute Gasteiger partial charge is 0.184 e. The molecule has 1 aromatic heterocycles. The summed E-state index contributed by atoms with van der Waals surface area (Å²) in [7, 11) is 1.52. The molecule has 0 fully saturated rings. The highest BCUT2D eigenvalue weighted by molar-refractivity contribution is 7.13. The number of rotatable bonds is 7. The summed E-state index contributed by atoms with van der Waals surface area (Å²) in [6.45, 7) is 0. The van der Waals surface area contributed by atoms with Crippen LogP contribution in [-0.4, -0.2) is 18.3 Å². The molecule has 0 aliphatic heterocycles. The van der Waals surface area contributed by atoms with Crippen LogP contribution in [0, 0.1) is 0 Å². The first-order valence-corrected chi connectivity index (χ1v) is 10.2. The molecule has 5 heteroatoms. The lowest BCUT2D eigenvalue weighted by Gasteiger charge is -2.36. The standard InChI is InChI=1S/C24H21N3OS/c1-28-25-17-22-18-29-23(26-22)27-24(19-11-5-2-6-12-19,20-13-7-3-8-14-20)21-15-9-4-10-16-21/h2-18H,1H3,(H,26,27)/b25-17+. The second-order valence-electron chi connectivity index (χ2n) is 6.47. The third-order valence-electron chi connectivity index (χ3n) is 4.73. The minimum Gasteiger partial charge on any atom is -0.399 e. The van der Waals surface area contributed by atoms with Gasteiger partial charge in [-0.2, -0.15) is 0 Å². The summed E-state index contributed by atoms with van der Waals surface area (Å²) >= 11 is 1.54. The van der Waals surface area contributed by atoms with Gasteiger partial charge in [0.1, 0.15) is 12.6 Å². The number of hydrogen-bond donors (Lipinski definition) is 1. The molecular formula is C24H21N3OS. The van der Waals surface area contributed by atoms with Gasteiger partial charge in [0.2, 0.25) is 0 Å². The molecule has 0 atom stereocenters. The normalized spacial score (nSPS) is 11.5. The SMILES string of the molecule is CO/N=C/c1csc(NC(c2ccccc2)(c2ccccc2)c2ccccc2)n1. The lowest BCUT2D eigenvalue weighted by molar-refractivity contribution is 0.215. The fourth-order valence-corrected chi connectivity index (χ4v) is 4.17. The number of hydrogen-bond acceptors (Lipinski definition) is 5. The number of thiazole rings is 1. The van der Waals surface area contributed by atoms with Crippen molar-refractivity contribution in [3.8, 4) is 0 Å². The summed E-state index contributed by atoms with van der Waals surface area (Å²) in [5.41, 5.74) is 3.58. The number of benzene rings is 3. The Balaban J connectivity index is 1.90. The van der Waals surface area contributed by atoms with Crippen LogP contribution in [0.15, 0.2) is 102 Å². The number of nitrogens with one attached hydrogen (secondary N) is 1. The van der Waals surface area contributed by atoms with Gasteiger partial charge < -0.3 is 10.2 Å². The van der Waals surface area contributed by atoms with Crippen molar-refractivity contribution >= 4 is 22.7 Å². The quantitative estimate of drug-likeness (QED) is 0.253. The van der Waals surface area contributed by atoms with Gasteiger partial charge in [-0.15, -0.1) is 11.3 Å². The maximum atomic E-state index is 4.78. The highest BCUT2D eigenvalue weighted by Gasteiger charge is 2.37. The average molecular weight is 400 g/mol. The molecule has 1 heterocycles. The minimum absolute atomic E-state index is 0.586. The molecule has 0 aliphatic carbocycles. The highest BCUT2D eigenvalue weighted by Crippen LogP contribution is 2.40. The lowest BCUT2D eigenvalue weighted by Crippen LogP contribution is -2.38. The molecule has 0 amide bonds. The van der Waals surface area contributed by atoms with E-state index in [1.54, 1.807) is 17.6 Å². The van der Waals surface area contributed by atoms with Crippen molar-refractivity contribution < 1.29 is 4.84 Å².